The van der Waals surface area contributed by atoms with Gasteiger partial charge < -0.3 is 9.47 Å². The molecular weight excluding hydrogens is 385 g/mol. The molecule has 1 amide bonds. The Morgan fingerprint density at radius 2 is 1.58 bits per heavy atom. The lowest BCUT2D eigenvalue weighted by Gasteiger charge is -2.26. The van der Waals surface area contributed by atoms with Gasteiger partial charge in [0.05, 0.1) is 20.8 Å². The van der Waals surface area contributed by atoms with E-state index < -0.39 is 39.1 Å². The van der Waals surface area contributed by atoms with Crippen molar-refractivity contribution in [3.05, 3.63) is 0 Å². The molecule has 0 spiro atoms. The van der Waals surface area contributed by atoms with Crippen LogP contribution >= 0.6 is 7.60 Å². The zero-order valence-electron chi connectivity index (χ0n) is 16.6. The van der Waals surface area contributed by atoms with Gasteiger partial charge in [-0.2, -0.15) is 0 Å². The van der Waals surface area contributed by atoms with E-state index in [1.807, 2.05) is 0 Å². The van der Waals surface area contributed by atoms with Gasteiger partial charge in [-0.3, -0.25) is 9.88 Å². The molecule has 0 rings (SSSR count). The lowest BCUT2D eigenvalue weighted by molar-refractivity contribution is -0.244. The van der Waals surface area contributed by atoms with Gasteiger partial charge >= 0.3 is 19.7 Å². The fraction of sp³-hybridized carbons (Fsp3) is 0.857. The molecule has 0 saturated heterocycles. The third kappa shape index (κ3) is 10.2. The second-order valence-corrected chi connectivity index (χ2v) is 15.1. The van der Waals surface area contributed by atoms with Crippen molar-refractivity contribution in [3.8, 4) is 0 Å². The first-order valence-corrected chi connectivity index (χ1v) is 13.3. The maximum absolute atomic E-state index is 12.8. The number of ether oxygens (including phenoxy) is 2. The highest BCUT2D eigenvalue weighted by atomic mass is 31.2. The molecule has 154 valence electrons. The lowest BCUT2D eigenvalue weighted by atomic mass is 10.2. The molecule has 0 aliphatic carbocycles. The van der Waals surface area contributed by atoms with Crippen LogP contribution in [0, 0.1) is 0 Å². The summed E-state index contributed by atoms with van der Waals surface area (Å²) in [4.78, 5) is 33.2. The van der Waals surface area contributed by atoms with Crippen LogP contribution in [0.2, 0.25) is 25.7 Å². The Balaban J connectivity index is 5.34. The summed E-state index contributed by atoms with van der Waals surface area (Å²) in [5, 5.41) is 2.13. The van der Waals surface area contributed by atoms with Crippen LogP contribution in [-0.2, 0) is 38.0 Å². The van der Waals surface area contributed by atoms with Crippen molar-refractivity contribution in [1.82, 2.24) is 5.32 Å². The summed E-state index contributed by atoms with van der Waals surface area (Å²) >= 11 is 0. The molecule has 26 heavy (non-hydrogen) atoms. The van der Waals surface area contributed by atoms with E-state index in [0.29, 0.717) is 6.04 Å². The summed E-state index contributed by atoms with van der Waals surface area (Å²) in [6.45, 7) is 11.3. The molecule has 0 bridgehead atoms. The van der Waals surface area contributed by atoms with Gasteiger partial charge in [-0.15, -0.1) is 9.35 Å². The quantitative estimate of drug-likeness (QED) is 0.189. The molecule has 0 aliphatic rings. The van der Waals surface area contributed by atoms with Crippen molar-refractivity contribution in [3.63, 3.8) is 0 Å². The largest absolute Gasteiger partial charge is 0.464 e. The number of rotatable bonds is 10. The topological polar surface area (TPSA) is 119 Å². The zero-order valence-corrected chi connectivity index (χ0v) is 18.5. The standard InChI is InChI=1S/C14H30NO9PSi/c1-14(2,3)22-13(17)15-11(25(18,23-19-4)24-20-5)12(16)21-9-10-26(6,7)8/h11H,9-10H2,1-8H3,(H,15,17). The van der Waals surface area contributed by atoms with Gasteiger partial charge in [-0.1, -0.05) is 19.6 Å². The summed E-state index contributed by atoms with van der Waals surface area (Å²) in [5.74, 6) is -2.86. The fourth-order valence-electron chi connectivity index (χ4n) is 1.53. The molecule has 0 aromatic heterocycles. The summed E-state index contributed by atoms with van der Waals surface area (Å²) < 4.78 is 32.1. The van der Waals surface area contributed by atoms with Gasteiger partial charge in [0.15, 0.2) is 0 Å². The van der Waals surface area contributed by atoms with E-state index >= 15 is 0 Å². The van der Waals surface area contributed by atoms with Crippen LogP contribution in [-0.4, -0.2) is 52.3 Å². The smallest absolute Gasteiger partial charge is 0.417 e. The predicted octanol–water partition coefficient (Wildman–Crippen LogP) is 3.07. The zero-order chi connectivity index (χ0) is 20.6. The van der Waals surface area contributed by atoms with Crippen LogP contribution in [0.3, 0.4) is 0 Å². The SMILES string of the molecule is COOP(=O)(OOC)C(NC(=O)OC(C)(C)C)C(=O)OCC[Si](C)(C)C. The number of alkyl carbamates (subject to hydrolysis) is 1. The van der Waals surface area contributed by atoms with Crippen molar-refractivity contribution >= 4 is 27.7 Å². The molecular formula is C14H30NO9PSi. The van der Waals surface area contributed by atoms with E-state index in [1.165, 1.54) is 0 Å². The highest BCUT2D eigenvalue weighted by Gasteiger charge is 2.47. The molecule has 0 aromatic carbocycles. The van der Waals surface area contributed by atoms with Gasteiger partial charge in [0.25, 0.3) is 0 Å². The van der Waals surface area contributed by atoms with Crippen LogP contribution in [0.25, 0.3) is 0 Å². The second-order valence-electron chi connectivity index (χ2n) is 7.55. The number of amides is 1. The molecule has 12 heteroatoms. The van der Waals surface area contributed by atoms with Crippen molar-refractivity contribution in [2.45, 2.75) is 57.8 Å². The molecule has 0 saturated carbocycles. The van der Waals surface area contributed by atoms with E-state index in [1.54, 1.807) is 20.8 Å². The van der Waals surface area contributed by atoms with Crippen LogP contribution in [0.5, 0.6) is 0 Å². The lowest BCUT2D eigenvalue weighted by Crippen LogP contribution is -2.45. The third-order valence-electron chi connectivity index (χ3n) is 2.65. The van der Waals surface area contributed by atoms with E-state index in [9.17, 15) is 14.2 Å². The van der Waals surface area contributed by atoms with Crippen molar-refractivity contribution in [2.24, 2.45) is 0 Å². The number of esters is 1. The van der Waals surface area contributed by atoms with Crippen molar-refractivity contribution in [1.29, 1.82) is 0 Å². The first-order valence-electron chi connectivity index (χ1n) is 7.95. The Morgan fingerprint density at radius 3 is 1.96 bits per heavy atom. The summed E-state index contributed by atoms with van der Waals surface area (Å²) in [6.07, 6.45) is -1.01. The van der Waals surface area contributed by atoms with Crippen LogP contribution in [0.15, 0.2) is 0 Å². The molecule has 1 atom stereocenters. The molecule has 0 heterocycles. The second kappa shape index (κ2) is 10.4. The summed E-state index contributed by atoms with van der Waals surface area (Å²) in [6, 6.07) is 0.679. The molecule has 0 fully saturated rings. The number of hydrogen-bond donors (Lipinski definition) is 1. The Bertz CT molecular complexity index is 506. The van der Waals surface area contributed by atoms with E-state index in [4.69, 9.17) is 9.47 Å². The minimum atomic E-state index is -4.41. The first-order chi connectivity index (χ1) is 11.7. The Kier molecular flexibility index (Phi) is 10.00. The fourth-order valence-corrected chi connectivity index (χ4v) is 3.45. The van der Waals surface area contributed by atoms with Crippen LogP contribution < -0.4 is 5.32 Å². The highest BCUT2D eigenvalue weighted by molar-refractivity contribution is 7.55. The van der Waals surface area contributed by atoms with Gasteiger partial charge in [-0.05, 0) is 26.8 Å². The van der Waals surface area contributed by atoms with Gasteiger partial charge in [-0.25, -0.2) is 19.4 Å². The van der Waals surface area contributed by atoms with Gasteiger partial charge in [0, 0.05) is 8.07 Å². The van der Waals surface area contributed by atoms with E-state index in [2.05, 4.69) is 44.1 Å². The van der Waals surface area contributed by atoms with Gasteiger partial charge in [0.1, 0.15) is 5.60 Å². The maximum Gasteiger partial charge on any atom is 0.417 e. The first kappa shape index (κ1) is 25.0. The van der Waals surface area contributed by atoms with Crippen molar-refractivity contribution < 1.29 is 42.8 Å². The van der Waals surface area contributed by atoms with Crippen LogP contribution in [0.4, 0.5) is 4.79 Å². The Morgan fingerprint density at radius 1 is 1.08 bits per heavy atom. The maximum atomic E-state index is 12.8. The summed E-state index contributed by atoms with van der Waals surface area (Å²) in [7, 11) is -3.75. The average molecular weight is 415 g/mol. The Labute approximate surface area is 155 Å². The molecule has 0 radical (unpaired) electrons. The molecule has 1 unspecified atom stereocenters. The minimum absolute atomic E-state index is 0.0982. The normalized spacial score (nSPS) is 13.8. The number of carbonyl (C=O) groups is 2. The number of hydrogen-bond acceptors (Lipinski definition) is 9. The summed E-state index contributed by atoms with van der Waals surface area (Å²) in [5.41, 5.74) is -0.843. The Hall–Kier alpha value is -0.973. The minimum Gasteiger partial charge on any atom is -0.464 e. The number of carbonyl (C=O) groups excluding carboxylic acids is 2. The van der Waals surface area contributed by atoms with Crippen molar-refractivity contribution in [2.75, 3.05) is 20.8 Å². The average Bonchev–Trinajstić information content (AvgIpc) is 2.41. The number of nitrogens with one attached hydrogen (secondary N) is 1. The molecule has 10 nitrogen and oxygen atoms in total. The monoisotopic (exact) mass is 415 g/mol. The van der Waals surface area contributed by atoms with E-state index in [0.717, 1.165) is 14.2 Å². The van der Waals surface area contributed by atoms with Crippen LogP contribution in [0.1, 0.15) is 20.8 Å². The predicted molar refractivity (Wildman–Crippen MR) is 96.1 cm³/mol. The molecule has 1 N–H and O–H groups in total. The molecule has 0 aromatic rings. The molecule has 0 aliphatic heterocycles. The van der Waals surface area contributed by atoms with Gasteiger partial charge in [0.2, 0.25) is 5.78 Å². The van der Waals surface area contributed by atoms with E-state index in [-0.39, 0.29) is 6.61 Å². The third-order valence-corrected chi connectivity index (χ3v) is 6.04. The highest BCUT2D eigenvalue weighted by Crippen LogP contribution is 2.52.